The van der Waals surface area contributed by atoms with Crippen LogP contribution in [0, 0.1) is 29.1 Å². The molecule has 8 rings (SSSR count). The molecule has 1 aliphatic heterocycles. The molecule has 5 fully saturated rings. The number of pyridine rings is 1. The van der Waals surface area contributed by atoms with Gasteiger partial charge >= 0.3 is 5.69 Å². The summed E-state index contributed by atoms with van der Waals surface area (Å²) < 4.78 is 3.25. The van der Waals surface area contributed by atoms with Crippen LogP contribution in [0.15, 0.2) is 46.4 Å². The van der Waals surface area contributed by atoms with Gasteiger partial charge in [0.15, 0.2) is 0 Å². The Morgan fingerprint density at radius 3 is 2.37 bits per heavy atom. The van der Waals surface area contributed by atoms with E-state index < -0.39 is 11.2 Å². The zero-order valence-corrected chi connectivity index (χ0v) is 20.4. The van der Waals surface area contributed by atoms with Gasteiger partial charge in [-0.1, -0.05) is 0 Å². The highest BCUT2D eigenvalue weighted by Crippen LogP contribution is 2.60. The van der Waals surface area contributed by atoms with Gasteiger partial charge in [0.25, 0.3) is 5.56 Å². The van der Waals surface area contributed by atoms with Gasteiger partial charge in [0, 0.05) is 25.0 Å². The SMILES string of the molecule is O=c1ccn(-c2cnn3ccc(CC4CCN(CC56CC7CC(CC(C7)C5)C6)CC4)cc23)c(=O)[nH]1. The van der Waals surface area contributed by atoms with Crippen LogP contribution in [0.1, 0.15) is 56.9 Å². The Morgan fingerprint density at radius 2 is 1.69 bits per heavy atom. The van der Waals surface area contributed by atoms with Crippen molar-refractivity contribution in [3.63, 3.8) is 0 Å². The summed E-state index contributed by atoms with van der Waals surface area (Å²) in [5.41, 5.74) is 2.68. The zero-order chi connectivity index (χ0) is 23.6. The van der Waals surface area contributed by atoms with Gasteiger partial charge < -0.3 is 4.90 Å². The van der Waals surface area contributed by atoms with Crippen molar-refractivity contribution >= 4 is 5.52 Å². The first kappa shape index (κ1) is 21.6. The van der Waals surface area contributed by atoms with Gasteiger partial charge in [0.05, 0.1) is 17.4 Å². The molecule has 4 bridgehead atoms. The molecule has 3 aromatic heterocycles. The number of piperidine rings is 1. The van der Waals surface area contributed by atoms with Gasteiger partial charge in [-0.2, -0.15) is 5.10 Å². The average Bonchev–Trinajstić information content (AvgIpc) is 3.22. The number of hydrogen-bond acceptors (Lipinski definition) is 4. The Balaban J connectivity index is 1.02. The van der Waals surface area contributed by atoms with Crippen molar-refractivity contribution in [3.05, 3.63) is 63.2 Å². The van der Waals surface area contributed by atoms with Gasteiger partial charge in [-0.3, -0.25) is 14.3 Å². The standard InChI is InChI=1S/C28H35N5O2/c34-26-4-7-32(27(35)30-26)25-17-29-33-8-3-20(13-24(25)33)9-19-1-5-31(6-2-19)18-28-14-21-10-22(15-28)12-23(11-21)16-28/h3-4,7-8,13,17,19,21-23H,1-2,5-6,9-12,14-16,18H2,(H,30,34,35). The lowest BCUT2D eigenvalue weighted by Crippen LogP contribution is -2.52. The maximum atomic E-state index is 12.3. The molecule has 0 spiro atoms. The number of aromatic nitrogens is 4. The van der Waals surface area contributed by atoms with E-state index in [2.05, 4.69) is 27.1 Å². The smallest absolute Gasteiger partial charge is 0.303 e. The van der Waals surface area contributed by atoms with E-state index in [1.165, 1.54) is 93.4 Å². The highest BCUT2D eigenvalue weighted by Gasteiger charge is 2.51. The molecule has 184 valence electrons. The topological polar surface area (TPSA) is 75.4 Å². The molecule has 1 saturated heterocycles. The third kappa shape index (κ3) is 3.98. The van der Waals surface area contributed by atoms with Gasteiger partial charge in [-0.05, 0) is 118 Å². The molecule has 1 N–H and O–H groups in total. The molecule has 4 saturated carbocycles. The first-order valence-corrected chi connectivity index (χ1v) is 13.5. The first-order chi connectivity index (χ1) is 17.0. The van der Waals surface area contributed by atoms with Crippen LogP contribution in [-0.4, -0.2) is 43.7 Å². The van der Waals surface area contributed by atoms with Gasteiger partial charge in [0.2, 0.25) is 0 Å². The molecule has 0 radical (unpaired) electrons. The molecule has 4 heterocycles. The van der Waals surface area contributed by atoms with Crippen molar-refractivity contribution in [2.75, 3.05) is 19.6 Å². The second-order valence-corrected chi connectivity index (χ2v) is 12.2. The van der Waals surface area contributed by atoms with Crippen LogP contribution in [0.4, 0.5) is 0 Å². The zero-order valence-electron chi connectivity index (χ0n) is 20.4. The molecule has 4 aliphatic carbocycles. The van der Waals surface area contributed by atoms with Crippen LogP contribution in [-0.2, 0) is 6.42 Å². The Kier molecular flexibility index (Phi) is 5.05. The molecule has 5 aliphatic rings. The summed E-state index contributed by atoms with van der Waals surface area (Å²) in [5.74, 6) is 3.81. The summed E-state index contributed by atoms with van der Waals surface area (Å²) in [7, 11) is 0. The highest BCUT2D eigenvalue weighted by molar-refractivity contribution is 5.64. The lowest BCUT2D eigenvalue weighted by molar-refractivity contribution is -0.0723. The first-order valence-electron chi connectivity index (χ1n) is 13.5. The molecular formula is C28H35N5O2. The van der Waals surface area contributed by atoms with Crippen LogP contribution >= 0.6 is 0 Å². The number of H-pyrrole nitrogens is 1. The number of hydrogen-bond donors (Lipinski definition) is 1. The second-order valence-electron chi connectivity index (χ2n) is 12.2. The lowest BCUT2D eigenvalue weighted by Gasteiger charge is -2.58. The molecular weight excluding hydrogens is 438 g/mol. The van der Waals surface area contributed by atoms with Crippen molar-refractivity contribution in [2.45, 2.75) is 57.8 Å². The van der Waals surface area contributed by atoms with Crippen LogP contribution in [0.2, 0.25) is 0 Å². The van der Waals surface area contributed by atoms with Crippen LogP contribution in [0.25, 0.3) is 11.2 Å². The van der Waals surface area contributed by atoms with E-state index in [9.17, 15) is 9.59 Å². The molecule has 0 aromatic carbocycles. The van der Waals surface area contributed by atoms with Crippen LogP contribution < -0.4 is 11.2 Å². The number of fused-ring (bicyclic) bond motifs is 1. The average molecular weight is 474 g/mol. The van der Waals surface area contributed by atoms with E-state index in [1.807, 2.05) is 6.20 Å². The van der Waals surface area contributed by atoms with E-state index in [1.54, 1.807) is 10.7 Å². The van der Waals surface area contributed by atoms with Crippen LogP contribution in [0.5, 0.6) is 0 Å². The van der Waals surface area contributed by atoms with Crippen molar-refractivity contribution in [2.24, 2.45) is 29.1 Å². The monoisotopic (exact) mass is 473 g/mol. The number of nitrogens with zero attached hydrogens (tertiary/aromatic N) is 4. The number of aromatic amines is 1. The Hall–Kier alpha value is -2.67. The molecule has 0 amide bonds. The van der Waals surface area contributed by atoms with Gasteiger partial charge in [0.1, 0.15) is 0 Å². The maximum absolute atomic E-state index is 12.3. The number of rotatable bonds is 5. The summed E-state index contributed by atoms with van der Waals surface area (Å²) in [5, 5.41) is 4.40. The van der Waals surface area contributed by atoms with Crippen molar-refractivity contribution in [1.82, 2.24) is 24.1 Å². The minimum Gasteiger partial charge on any atom is -0.303 e. The number of likely N-dealkylation sites (tertiary alicyclic amines) is 1. The maximum Gasteiger partial charge on any atom is 0.333 e. The predicted octanol–water partition coefficient (Wildman–Crippen LogP) is 3.64. The third-order valence-electron chi connectivity index (χ3n) is 9.60. The fraction of sp³-hybridized carbons (Fsp3) is 0.607. The minimum absolute atomic E-state index is 0.391. The van der Waals surface area contributed by atoms with Gasteiger partial charge in [-0.15, -0.1) is 0 Å². The fourth-order valence-corrected chi connectivity index (χ4v) is 8.57. The predicted molar refractivity (Wildman–Crippen MR) is 135 cm³/mol. The minimum atomic E-state index is -0.441. The summed E-state index contributed by atoms with van der Waals surface area (Å²) in [4.78, 5) is 28.9. The Bertz CT molecular complexity index is 1320. The summed E-state index contributed by atoms with van der Waals surface area (Å²) >= 11 is 0. The summed E-state index contributed by atoms with van der Waals surface area (Å²) in [6.45, 7) is 3.82. The second kappa shape index (κ2) is 8.19. The van der Waals surface area contributed by atoms with Crippen molar-refractivity contribution < 1.29 is 0 Å². The normalized spacial score (nSPS) is 30.9. The van der Waals surface area contributed by atoms with E-state index in [0.29, 0.717) is 17.0 Å². The molecule has 3 aromatic rings. The van der Waals surface area contributed by atoms with E-state index in [4.69, 9.17) is 0 Å². The van der Waals surface area contributed by atoms with Crippen LogP contribution in [0.3, 0.4) is 0 Å². The largest absolute Gasteiger partial charge is 0.333 e. The highest BCUT2D eigenvalue weighted by atomic mass is 16.2. The molecule has 35 heavy (non-hydrogen) atoms. The molecule has 0 unspecified atom stereocenters. The Morgan fingerprint density at radius 1 is 0.971 bits per heavy atom. The molecule has 7 heteroatoms. The summed E-state index contributed by atoms with van der Waals surface area (Å²) in [6.07, 6.45) is 17.9. The quantitative estimate of drug-likeness (QED) is 0.614. The molecule has 0 atom stereocenters. The van der Waals surface area contributed by atoms with Crippen molar-refractivity contribution in [3.8, 4) is 5.69 Å². The van der Waals surface area contributed by atoms with E-state index in [0.717, 1.165) is 29.7 Å². The van der Waals surface area contributed by atoms with E-state index >= 15 is 0 Å². The third-order valence-corrected chi connectivity index (χ3v) is 9.60. The summed E-state index contributed by atoms with van der Waals surface area (Å²) in [6, 6.07) is 5.68. The fourth-order valence-electron chi connectivity index (χ4n) is 8.57. The van der Waals surface area contributed by atoms with E-state index in [-0.39, 0.29) is 0 Å². The Labute approximate surface area is 205 Å². The lowest BCUT2D eigenvalue weighted by atomic mass is 9.49. The number of nitrogens with one attached hydrogen (secondary N) is 1. The van der Waals surface area contributed by atoms with Gasteiger partial charge in [-0.25, -0.2) is 9.31 Å². The van der Waals surface area contributed by atoms with Crippen molar-refractivity contribution in [1.29, 1.82) is 0 Å². The molecule has 7 nitrogen and oxygen atoms in total.